The van der Waals surface area contributed by atoms with Gasteiger partial charge in [0.25, 0.3) is 5.91 Å². The zero-order chi connectivity index (χ0) is 14.7. The van der Waals surface area contributed by atoms with E-state index in [4.69, 9.17) is 11.5 Å². The molecule has 0 aliphatic heterocycles. The monoisotopic (exact) mass is 269 g/mol. The van der Waals surface area contributed by atoms with Crippen LogP contribution in [0.2, 0.25) is 0 Å². The van der Waals surface area contributed by atoms with Crippen molar-refractivity contribution >= 4 is 23.0 Å². The van der Waals surface area contributed by atoms with Crippen LogP contribution in [-0.4, -0.2) is 5.91 Å². The molecule has 0 aliphatic rings. The summed E-state index contributed by atoms with van der Waals surface area (Å²) in [7, 11) is 0. The average Bonchev–Trinajstić information content (AvgIpc) is 2.38. The minimum absolute atomic E-state index is 0.233. The first-order valence-electron chi connectivity index (χ1n) is 6.53. The maximum atomic E-state index is 12.2. The Hall–Kier alpha value is -2.49. The van der Waals surface area contributed by atoms with Crippen molar-refractivity contribution in [2.45, 2.75) is 19.8 Å². The van der Waals surface area contributed by atoms with Crippen molar-refractivity contribution in [1.82, 2.24) is 0 Å². The first-order valence-corrected chi connectivity index (χ1v) is 6.53. The molecule has 5 N–H and O–H groups in total. The van der Waals surface area contributed by atoms with E-state index in [1.807, 2.05) is 24.3 Å². The van der Waals surface area contributed by atoms with E-state index in [0.717, 1.165) is 5.69 Å². The molecule has 0 bridgehead atoms. The molecule has 0 saturated heterocycles. The molecular formula is C16H19N3O. The van der Waals surface area contributed by atoms with Crippen LogP contribution in [0.15, 0.2) is 42.5 Å². The molecule has 104 valence electrons. The van der Waals surface area contributed by atoms with Crippen LogP contribution >= 0.6 is 0 Å². The third-order valence-corrected chi connectivity index (χ3v) is 3.13. The van der Waals surface area contributed by atoms with Crippen LogP contribution in [0, 0.1) is 0 Å². The summed E-state index contributed by atoms with van der Waals surface area (Å²) in [6.45, 7) is 4.22. The molecule has 1 amide bonds. The second kappa shape index (κ2) is 5.65. The highest BCUT2D eigenvalue weighted by Gasteiger charge is 2.10. The van der Waals surface area contributed by atoms with Crippen molar-refractivity contribution in [3.05, 3.63) is 53.6 Å². The highest BCUT2D eigenvalue weighted by Crippen LogP contribution is 2.21. The van der Waals surface area contributed by atoms with Gasteiger partial charge in [0, 0.05) is 17.1 Å². The van der Waals surface area contributed by atoms with Crippen LogP contribution in [0.5, 0.6) is 0 Å². The van der Waals surface area contributed by atoms with Gasteiger partial charge in [0.1, 0.15) is 0 Å². The summed E-state index contributed by atoms with van der Waals surface area (Å²) < 4.78 is 0. The van der Waals surface area contributed by atoms with Crippen LogP contribution in [0.4, 0.5) is 17.1 Å². The SMILES string of the molecule is CC(C)c1cccc(NC(=O)c2ccc(N)cc2N)c1. The number of hydrogen-bond acceptors (Lipinski definition) is 3. The molecule has 0 heterocycles. The predicted octanol–water partition coefficient (Wildman–Crippen LogP) is 3.23. The Balaban J connectivity index is 2.21. The molecule has 0 spiro atoms. The second-order valence-electron chi connectivity index (χ2n) is 5.08. The zero-order valence-electron chi connectivity index (χ0n) is 11.7. The fourth-order valence-corrected chi connectivity index (χ4v) is 1.96. The molecule has 0 aliphatic carbocycles. The number of amides is 1. The van der Waals surface area contributed by atoms with Crippen molar-refractivity contribution in [2.75, 3.05) is 16.8 Å². The summed E-state index contributed by atoms with van der Waals surface area (Å²) in [6, 6.07) is 12.7. The summed E-state index contributed by atoms with van der Waals surface area (Å²) in [5.74, 6) is 0.178. The van der Waals surface area contributed by atoms with E-state index in [-0.39, 0.29) is 5.91 Å². The van der Waals surface area contributed by atoms with Gasteiger partial charge in [-0.05, 0) is 41.8 Å². The number of rotatable bonds is 3. The Morgan fingerprint density at radius 3 is 2.50 bits per heavy atom. The number of hydrogen-bond donors (Lipinski definition) is 3. The van der Waals surface area contributed by atoms with Crippen molar-refractivity contribution in [3.8, 4) is 0 Å². The van der Waals surface area contributed by atoms with E-state index < -0.39 is 0 Å². The number of nitrogens with one attached hydrogen (secondary N) is 1. The van der Waals surface area contributed by atoms with E-state index in [0.29, 0.717) is 22.9 Å². The van der Waals surface area contributed by atoms with E-state index >= 15 is 0 Å². The Labute approximate surface area is 118 Å². The first kappa shape index (κ1) is 13.9. The zero-order valence-corrected chi connectivity index (χ0v) is 11.7. The van der Waals surface area contributed by atoms with Crippen LogP contribution in [0.3, 0.4) is 0 Å². The molecule has 0 fully saturated rings. The molecule has 0 saturated carbocycles. The average molecular weight is 269 g/mol. The van der Waals surface area contributed by atoms with Gasteiger partial charge in [-0.15, -0.1) is 0 Å². The molecule has 0 unspecified atom stereocenters. The fourth-order valence-electron chi connectivity index (χ4n) is 1.96. The van der Waals surface area contributed by atoms with Gasteiger partial charge in [-0.2, -0.15) is 0 Å². The summed E-state index contributed by atoms with van der Waals surface area (Å²) >= 11 is 0. The molecule has 2 aromatic carbocycles. The lowest BCUT2D eigenvalue weighted by Gasteiger charge is -2.11. The normalized spacial score (nSPS) is 10.6. The summed E-state index contributed by atoms with van der Waals surface area (Å²) in [4.78, 5) is 12.2. The number of anilines is 3. The van der Waals surface area contributed by atoms with Gasteiger partial charge in [0.05, 0.1) is 5.56 Å². The number of carbonyl (C=O) groups is 1. The van der Waals surface area contributed by atoms with Crippen LogP contribution in [0.25, 0.3) is 0 Å². The van der Waals surface area contributed by atoms with E-state index in [1.54, 1.807) is 18.2 Å². The lowest BCUT2D eigenvalue weighted by Crippen LogP contribution is -2.14. The number of nitrogen functional groups attached to an aromatic ring is 2. The number of carbonyl (C=O) groups excluding carboxylic acids is 1. The minimum atomic E-state index is -0.233. The van der Waals surface area contributed by atoms with Gasteiger partial charge in [-0.25, -0.2) is 0 Å². The fraction of sp³-hybridized carbons (Fsp3) is 0.188. The van der Waals surface area contributed by atoms with Crippen molar-refractivity contribution in [3.63, 3.8) is 0 Å². The van der Waals surface area contributed by atoms with Gasteiger partial charge in [0.15, 0.2) is 0 Å². The van der Waals surface area contributed by atoms with Crippen LogP contribution < -0.4 is 16.8 Å². The molecule has 4 nitrogen and oxygen atoms in total. The first-order chi connectivity index (χ1) is 9.47. The predicted molar refractivity (Wildman–Crippen MR) is 83.8 cm³/mol. The Kier molecular flexibility index (Phi) is 3.94. The van der Waals surface area contributed by atoms with Gasteiger partial charge in [-0.1, -0.05) is 26.0 Å². The van der Waals surface area contributed by atoms with Gasteiger partial charge < -0.3 is 16.8 Å². The summed E-state index contributed by atoms with van der Waals surface area (Å²) in [5, 5.41) is 2.85. The van der Waals surface area contributed by atoms with E-state index in [1.165, 1.54) is 5.56 Å². The molecular weight excluding hydrogens is 250 g/mol. The molecule has 0 radical (unpaired) electrons. The third-order valence-electron chi connectivity index (χ3n) is 3.13. The lowest BCUT2D eigenvalue weighted by atomic mass is 10.0. The van der Waals surface area contributed by atoms with Crippen LogP contribution in [0.1, 0.15) is 35.7 Å². The molecule has 0 aromatic heterocycles. The van der Waals surface area contributed by atoms with Gasteiger partial charge in [-0.3, -0.25) is 4.79 Å². The molecule has 4 heteroatoms. The lowest BCUT2D eigenvalue weighted by molar-refractivity contribution is 0.102. The topological polar surface area (TPSA) is 81.1 Å². The highest BCUT2D eigenvalue weighted by atomic mass is 16.1. The molecule has 2 rings (SSSR count). The van der Waals surface area contributed by atoms with Crippen molar-refractivity contribution < 1.29 is 4.79 Å². The van der Waals surface area contributed by atoms with Crippen molar-refractivity contribution in [1.29, 1.82) is 0 Å². The molecule has 20 heavy (non-hydrogen) atoms. The minimum Gasteiger partial charge on any atom is -0.399 e. The van der Waals surface area contributed by atoms with E-state index in [2.05, 4.69) is 19.2 Å². The molecule has 2 aromatic rings. The largest absolute Gasteiger partial charge is 0.399 e. The Bertz CT molecular complexity index is 635. The maximum Gasteiger partial charge on any atom is 0.257 e. The summed E-state index contributed by atoms with van der Waals surface area (Å²) in [6.07, 6.45) is 0. The third kappa shape index (κ3) is 3.09. The molecule has 0 atom stereocenters. The maximum absolute atomic E-state index is 12.2. The standard InChI is InChI=1S/C16H19N3O/c1-10(2)11-4-3-5-13(8-11)19-16(20)14-7-6-12(17)9-15(14)18/h3-10H,17-18H2,1-2H3,(H,19,20). The van der Waals surface area contributed by atoms with Gasteiger partial charge >= 0.3 is 0 Å². The second-order valence-corrected chi connectivity index (χ2v) is 5.08. The number of benzene rings is 2. The summed E-state index contributed by atoms with van der Waals surface area (Å²) in [5.41, 5.74) is 14.7. The van der Waals surface area contributed by atoms with Crippen LogP contribution in [-0.2, 0) is 0 Å². The Morgan fingerprint density at radius 1 is 1.10 bits per heavy atom. The Morgan fingerprint density at radius 2 is 1.85 bits per heavy atom. The number of nitrogens with two attached hydrogens (primary N) is 2. The van der Waals surface area contributed by atoms with E-state index in [9.17, 15) is 4.79 Å². The van der Waals surface area contributed by atoms with Gasteiger partial charge in [0.2, 0.25) is 0 Å². The quantitative estimate of drug-likeness (QED) is 0.748. The van der Waals surface area contributed by atoms with Crippen molar-refractivity contribution in [2.24, 2.45) is 0 Å². The smallest absolute Gasteiger partial charge is 0.257 e. The highest BCUT2D eigenvalue weighted by molar-refractivity contribution is 6.08.